The molecule has 0 radical (unpaired) electrons. The summed E-state index contributed by atoms with van der Waals surface area (Å²) in [5.74, 6) is -0.0449. The van der Waals surface area contributed by atoms with Crippen molar-refractivity contribution < 1.29 is 14.7 Å². The molecule has 2 amide bonds. The van der Waals surface area contributed by atoms with E-state index in [4.69, 9.17) is 0 Å². The summed E-state index contributed by atoms with van der Waals surface area (Å²) >= 11 is 0. The Kier molecular flexibility index (Phi) is 4.28. The number of nitrogens with zero attached hydrogens (tertiary/aromatic N) is 2. The minimum absolute atomic E-state index is 0.00458. The lowest BCUT2D eigenvalue weighted by Gasteiger charge is -2.34. The predicted octanol–water partition coefficient (Wildman–Crippen LogP) is 1.99. The van der Waals surface area contributed by atoms with E-state index in [0.717, 1.165) is 0 Å². The minimum atomic E-state index is -0.118. The third kappa shape index (κ3) is 3.34. The molecule has 118 valence electrons. The van der Waals surface area contributed by atoms with Crippen molar-refractivity contribution in [3.8, 4) is 5.75 Å². The molecule has 2 aromatic rings. The van der Waals surface area contributed by atoms with Gasteiger partial charge in [0.25, 0.3) is 11.8 Å². The van der Waals surface area contributed by atoms with Crippen molar-refractivity contribution >= 4 is 11.8 Å². The summed E-state index contributed by atoms with van der Waals surface area (Å²) in [5, 5.41) is 9.48. The molecule has 2 aromatic carbocycles. The van der Waals surface area contributed by atoms with Crippen molar-refractivity contribution in [3.63, 3.8) is 0 Å². The average Bonchev–Trinajstić information content (AvgIpc) is 2.61. The SMILES string of the molecule is O=C(c1ccccc1)N1CCN(C(=O)c2cccc(O)c2)CC1. The quantitative estimate of drug-likeness (QED) is 0.923. The maximum Gasteiger partial charge on any atom is 0.254 e. The van der Waals surface area contributed by atoms with Gasteiger partial charge in [-0.1, -0.05) is 24.3 Å². The molecule has 0 aliphatic carbocycles. The Morgan fingerprint density at radius 3 is 1.83 bits per heavy atom. The summed E-state index contributed by atoms with van der Waals surface area (Å²) in [6.45, 7) is 2.01. The summed E-state index contributed by atoms with van der Waals surface area (Å²) in [4.78, 5) is 28.3. The van der Waals surface area contributed by atoms with Crippen LogP contribution in [0.3, 0.4) is 0 Å². The number of aromatic hydroxyl groups is 1. The molecule has 5 nitrogen and oxygen atoms in total. The standard InChI is InChI=1S/C18H18N2O3/c21-16-8-4-7-15(13-16)18(23)20-11-9-19(10-12-20)17(22)14-5-2-1-3-6-14/h1-8,13,21H,9-12H2. The highest BCUT2D eigenvalue weighted by atomic mass is 16.3. The largest absolute Gasteiger partial charge is 0.508 e. The molecule has 0 unspecified atom stereocenters. The molecule has 0 spiro atoms. The topological polar surface area (TPSA) is 60.9 Å². The molecule has 0 atom stereocenters. The summed E-state index contributed by atoms with van der Waals surface area (Å²) in [5.41, 5.74) is 1.13. The van der Waals surface area contributed by atoms with Crippen LogP contribution >= 0.6 is 0 Å². The van der Waals surface area contributed by atoms with Crippen molar-refractivity contribution in [2.24, 2.45) is 0 Å². The Morgan fingerprint density at radius 1 is 0.739 bits per heavy atom. The van der Waals surface area contributed by atoms with Gasteiger partial charge in [0.05, 0.1) is 0 Å². The van der Waals surface area contributed by atoms with Crippen LogP contribution in [0.4, 0.5) is 0 Å². The Labute approximate surface area is 134 Å². The number of rotatable bonds is 2. The zero-order valence-corrected chi connectivity index (χ0v) is 12.7. The average molecular weight is 310 g/mol. The Hall–Kier alpha value is -2.82. The van der Waals surface area contributed by atoms with Crippen LogP contribution < -0.4 is 0 Å². The number of carbonyl (C=O) groups is 2. The third-order valence-corrected chi connectivity index (χ3v) is 3.97. The van der Waals surface area contributed by atoms with Crippen LogP contribution in [0, 0.1) is 0 Å². The number of benzene rings is 2. The maximum atomic E-state index is 12.4. The van der Waals surface area contributed by atoms with Gasteiger partial charge < -0.3 is 14.9 Å². The number of hydrogen-bond acceptors (Lipinski definition) is 3. The number of piperazine rings is 1. The minimum Gasteiger partial charge on any atom is -0.508 e. The molecule has 1 aliphatic heterocycles. The Balaban J connectivity index is 1.62. The molecular weight excluding hydrogens is 292 g/mol. The Bertz CT molecular complexity index is 707. The first kappa shape index (κ1) is 15.1. The normalized spacial score (nSPS) is 14.6. The van der Waals surface area contributed by atoms with E-state index in [0.29, 0.717) is 37.3 Å². The van der Waals surface area contributed by atoms with Gasteiger partial charge in [-0.25, -0.2) is 0 Å². The molecule has 0 saturated carbocycles. The third-order valence-electron chi connectivity index (χ3n) is 3.97. The fourth-order valence-electron chi connectivity index (χ4n) is 2.70. The summed E-state index contributed by atoms with van der Waals surface area (Å²) in [6, 6.07) is 15.5. The molecule has 1 fully saturated rings. The van der Waals surface area contributed by atoms with E-state index in [1.54, 1.807) is 34.1 Å². The zero-order chi connectivity index (χ0) is 16.2. The zero-order valence-electron chi connectivity index (χ0n) is 12.7. The molecule has 23 heavy (non-hydrogen) atoms. The molecule has 1 N–H and O–H groups in total. The molecule has 1 saturated heterocycles. The van der Waals surface area contributed by atoms with E-state index in [-0.39, 0.29) is 17.6 Å². The first-order valence-electron chi connectivity index (χ1n) is 7.58. The Morgan fingerprint density at radius 2 is 1.26 bits per heavy atom. The molecular formula is C18H18N2O3. The van der Waals surface area contributed by atoms with Crippen LogP contribution in [0.25, 0.3) is 0 Å². The first-order chi connectivity index (χ1) is 11.1. The van der Waals surface area contributed by atoms with Gasteiger partial charge in [0.1, 0.15) is 5.75 Å². The van der Waals surface area contributed by atoms with Gasteiger partial charge in [0.2, 0.25) is 0 Å². The van der Waals surface area contributed by atoms with Gasteiger partial charge in [-0.3, -0.25) is 9.59 Å². The second-order valence-electron chi connectivity index (χ2n) is 5.50. The lowest BCUT2D eigenvalue weighted by atomic mass is 10.1. The number of carbonyl (C=O) groups excluding carboxylic acids is 2. The molecule has 5 heteroatoms. The maximum absolute atomic E-state index is 12.4. The van der Waals surface area contributed by atoms with Crippen LogP contribution in [0.1, 0.15) is 20.7 Å². The fraction of sp³-hybridized carbons (Fsp3) is 0.222. The highest BCUT2D eigenvalue weighted by molar-refractivity contribution is 5.96. The van der Waals surface area contributed by atoms with Gasteiger partial charge in [-0.15, -0.1) is 0 Å². The van der Waals surface area contributed by atoms with Gasteiger partial charge in [0, 0.05) is 37.3 Å². The number of hydrogen-bond donors (Lipinski definition) is 1. The van der Waals surface area contributed by atoms with E-state index in [1.165, 1.54) is 12.1 Å². The lowest BCUT2D eigenvalue weighted by Crippen LogP contribution is -2.50. The lowest BCUT2D eigenvalue weighted by molar-refractivity contribution is 0.0535. The summed E-state index contributed by atoms with van der Waals surface area (Å²) in [7, 11) is 0. The second kappa shape index (κ2) is 6.52. The van der Waals surface area contributed by atoms with Gasteiger partial charge in [-0.05, 0) is 30.3 Å². The number of amides is 2. The van der Waals surface area contributed by atoms with E-state index in [2.05, 4.69) is 0 Å². The van der Waals surface area contributed by atoms with Gasteiger partial charge in [0.15, 0.2) is 0 Å². The van der Waals surface area contributed by atoms with Crippen molar-refractivity contribution in [2.75, 3.05) is 26.2 Å². The van der Waals surface area contributed by atoms with Crippen LogP contribution in [0.2, 0.25) is 0 Å². The predicted molar refractivity (Wildman–Crippen MR) is 86.4 cm³/mol. The van der Waals surface area contributed by atoms with Gasteiger partial charge >= 0.3 is 0 Å². The molecule has 0 aromatic heterocycles. The van der Waals surface area contributed by atoms with E-state index >= 15 is 0 Å². The van der Waals surface area contributed by atoms with Crippen LogP contribution in [0.5, 0.6) is 5.75 Å². The smallest absolute Gasteiger partial charge is 0.254 e. The second-order valence-corrected chi connectivity index (χ2v) is 5.50. The van der Waals surface area contributed by atoms with Crippen LogP contribution in [-0.2, 0) is 0 Å². The highest BCUT2D eigenvalue weighted by Gasteiger charge is 2.25. The van der Waals surface area contributed by atoms with Crippen molar-refractivity contribution in [1.29, 1.82) is 0 Å². The van der Waals surface area contributed by atoms with Crippen LogP contribution in [-0.4, -0.2) is 52.9 Å². The van der Waals surface area contributed by atoms with Crippen LogP contribution in [0.15, 0.2) is 54.6 Å². The van der Waals surface area contributed by atoms with E-state index in [1.807, 2.05) is 18.2 Å². The summed E-state index contributed by atoms with van der Waals surface area (Å²) < 4.78 is 0. The monoisotopic (exact) mass is 310 g/mol. The first-order valence-corrected chi connectivity index (χ1v) is 7.58. The van der Waals surface area contributed by atoms with Crippen molar-refractivity contribution in [3.05, 3.63) is 65.7 Å². The molecule has 1 aliphatic rings. The van der Waals surface area contributed by atoms with Gasteiger partial charge in [-0.2, -0.15) is 0 Å². The van der Waals surface area contributed by atoms with E-state index < -0.39 is 0 Å². The summed E-state index contributed by atoms with van der Waals surface area (Å²) in [6.07, 6.45) is 0. The van der Waals surface area contributed by atoms with Crippen molar-refractivity contribution in [1.82, 2.24) is 9.80 Å². The molecule has 3 rings (SSSR count). The fourth-order valence-corrected chi connectivity index (χ4v) is 2.70. The number of phenols is 1. The van der Waals surface area contributed by atoms with E-state index in [9.17, 15) is 14.7 Å². The van der Waals surface area contributed by atoms with Crippen molar-refractivity contribution in [2.45, 2.75) is 0 Å². The highest BCUT2D eigenvalue weighted by Crippen LogP contribution is 2.15. The molecule has 1 heterocycles. The molecule has 0 bridgehead atoms. The number of phenolic OH excluding ortho intramolecular Hbond substituents is 1.